The minimum atomic E-state index is -0.448. The first-order chi connectivity index (χ1) is 9.63. The highest BCUT2D eigenvalue weighted by Crippen LogP contribution is 2.19. The van der Waals surface area contributed by atoms with Gasteiger partial charge in [0.05, 0.1) is 4.92 Å². The van der Waals surface area contributed by atoms with E-state index in [0.29, 0.717) is 16.4 Å². The third-order valence-electron chi connectivity index (χ3n) is 2.53. The molecule has 7 nitrogen and oxygen atoms in total. The van der Waals surface area contributed by atoms with Gasteiger partial charge in [-0.25, -0.2) is 0 Å². The fourth-order valence-corrected chi connectivity index (χ4v) is 2.61. The van der Waals surface area contributed by atoms with Crippen LogP contribution in [0, 0.1) is 14.9 Å². The Morgan fingerprint density at radius 3 is 2.75 bits per heavy atom. The smallest absolute Gasteiger partial charge is 0.269 e. The highest BCUT2D eigenvalue weighted by atomic mass is 32.1. The largest absolute Gasteiger partial charge is 0.324 e. The van der Waals surface area contributed by atoms with E-state index in [9.17, 15) is 10.1 Å². The SMILES string of the molecule is O=[N+]([O-])c1ccc(Nc2nc(=S)n3ccsc3n2)cc1. The lowest BCUT2D eigenvalue weighted by molar-refractivity contribution is -0.384. The molecule has 2 aromatic heterocycles. The molecule has 1 N–H and O–H groups in total. The number of non-ortho nitro benzene ring substituents is 1. The number of rotatable bonds is 3. The molecule has 20 heavy (non-hydrogen) atoms. The maximum atomic E-state index is 10.6. The van der Waals surface area contributed by atoms with Gasteiger partial charge in [-0.1, -0.05) is 0 Å². The van der Waals surface area contributed by atoms with Gasteiger partial charge in [-0.2, -0.15) is 9.97 Å². The number of hydrogen-bond acceptors (Lipinski definition) is 7. The fourth-order valence-electron chi connectivity index (χ4n) is 1.61. The van der Waals surface area contributed by atoms with Gasteiger partial charge in [-0.05, 0) is 24.4 Å². The van der Waals surface area contributed by atoms with Crippen LogP contribution < -0.4 is 5.32 Å². The van der Waals surface area contributed by atoms with Crippen molar-refractivity contribution in [2.75, 3.05) is 5.32 Å². The molecular weight excluding hydrogens is 298 g/mol. The number of nitro groups is 1. The summed E-state index contributed by atoms with van der Waals surface area (Å²) in [7, 11) is 0. The Morgan fingerprint density at radius 2 is 2.05 bits per heavy atom. The Bertz CT molecular complexity index is 840. The van der Waals surface area contributed by atoms with Crippen LogP contribution in [0.1, 0.15) is 0 Å². The molecule has 0 atom stereocenters. The van der Waals surface area contributed by atoms with Gasteiger partial charge in [0.1, 0.15) is 0 Å². The molecule has 0 amide bonds. The van der Waals surface area contributed by atoms with E-state index in [2.05, 4.69) is 15.3 Å². The first kappa shape index (κ1) is 12.6. The number of fused-ring (bicyclic) bond motifs is 1. The summed E-state index contributed by atoms with van der Waals surface area (Å²) >= 11 is 6.60. The molecular formula is C11H7N5O2S2. The fraction of sp³-hybridized carbons (Fsp3) is 0. The van der Waals surface area contributed by atoms with E-state index in [1.54, 1.807) is 22.7 Å². The third kappa shape index (κ3) is 2.36. The van der Waals surface area contributed by atoms with Gasteiger partial charge in [0.2, 0.25) is 10.7 Å². The number of nitrogens with zero attached hydrogens (tertiary/aromatic N) is 4. The molecule has 0 fully saturated rings. The molecule has 3 rings (SSSR count). The van der Waals surface area contributed by atoms with Gasteiger partial charge in [-0.15, -0.1) is 11.3 Å². The lowest BCUT2D eigenvalue weighted by atomic mass is 10.3. The van der Waals surface area contributed by atoms with Crippen LogP contribution in [-0.4, -0.2) is 19.3 Å². The topological polar surface area (TPSA) is 85.4 Å². The van der Waals surface area contributed by atoms with Crippen molar-refractivity contribution in [2.24, 2.45) is 0 Å². The van der Waals surface area contributed by atoms with E-state index in [-0.39, 0.29) is 5.69 Å². The maximum Gasteiger partial charge on any atom is 0.269 e. The van der Waals surface area contributed by atoms with Gasteiger partial charge in [-0.3, -0.25) is 14.5 Å². The number of hydrogen-bond donors (Lipinski definition) is 1. The quantitative estimate of drug-likeness (QED) is 0.454. The van der Waals surface area contributed by atoms with Crippen LogP contribution in [0.5, 0.6) is 0 Å². The molecule has 0 radical (unpaired) electrons. The van der Waals surface area contributed by atoms with Crippen LogP contribution in [0.2, 0.25) is 0 Å². The molecule has 0 saturated carbocycles. The Hall–Kier alpha value is -2.39. The standard InChI is InChI=1S/C11H7N5O2S2/c17-16(18)8-3-1-7(2-4-8)12-9-13-10(19)15-5-6-20-11(15)14-9/h1-6H,(H,12,13,19). The minimum absolute atomic E-state index is 0.0321. The predicted octanol–water partition coefficient (Wildman–Crippen LogP) is 3.17. The number of thiazole rings is 1. The van der Waals surface area contributed by atoms with Crippen molar-refractivity contribution in [1.82, 2.24) is 14.4 Å². The van der Waals surface area contributed by atoms with Crippen LogP contribution in [0.4, 0.5) is 17.3 Å². The van der Waals surface area contributed by atoms with E-state index >= 15 is 0 Å². The lowest BCUT2D eigenvalue weighted by Crippen LogP contribution is -2.00. The molecule has 0 aliphatic heterocycles. The van der Waals surface area contributed by atoms with Crippen LogP contribution in [0.15, 0.2) is 35.8 Å². The third-order valence-corrected chi connectivity index (χ3v) is 3.58. The van der Waals surface area contributed by atoms with E-state index in [4.69, 9.17) is 12.2 Å². The van der Waals surface area contributed by atoms with Crippen molar-refractivity contribution in [3.63, 3.8) is 0 Å². The van der Waals surface area contributed by atoms with Gasteiger partial charge in [0.15, 0.2) is 4.96 Å². The number of aromatic nitrogens is 3. The van der Waals surface area contributed by atoms with E-state index in [0.717, 1.165) is 4.96 Å². The van der Waals surface area contributed by atoms with Crippen molar-refractivity contribution < 1.29 is 4.92 Å². The van der Waals surface area contributed by atoms with Crippen molar-refractivity contribution in [1.29, 1.82) is 0 Å². The summed E-state index contributed by atoms with van der Waals surface area (Å²) in [5, 5.41) is 15.4. The summed E-state index contributed by atoms with van der Waals surface area (Å²) in [6, 6.07) is 6.01. The average molecular weight is 305 g/mol. The van der Waals surface area contributed by atoms with Gasteiger partial charge >= 0.3 is 0 Å². The minimum Gasteiger partial charge on any atom is -0.324 e. The molecule has 0 aliphatic carbocycles. The number of benzene rings is 1. The summed E-state index contributed by atoms with van der Waals surface area (Å²) in [4.78, 5) is 19.3. The molecule has 2 heterocycles. The Kier molecular flexibility index (Phi) is 3.12. The molecule has 0 spiro atoms. The van der Waals surface area contributed by atoms with Crippen LogP contribution >= 0.6 is 23.6 Å². The van der Waals surface area contributed by atoms with Crippen molar-refractivity contribution in [3.05, 3.63) is 50.7 Å². The predicted molar refractivity (Wildman–Crippen MR) is 78.1 cm³/mol. The summed E-state index contributed by atoms with van der Waals surface area (Å²) in [5.74, 6) is 0.367. The number of anilines is 2. The molecule has 9 heteroatoms. The molecule has 0 saturated heterocycles. The summed E-state index contributed by atoms with van der Waals surface area (Å²) in [5.41, 5.74) is 0.690. The zero-order valence-electron chi connectivity index (χ0n) is 9.89. The molecule has 0 aliphatic rings. The monoisotopic (exact) mass is 305 g/mol. The lowest BCUT2D eigenvalue weighted by Gasteiger charge is -2.04. The summed E-state index contributed by atoms with van der Waals surface area (Å²) < 4.78 is 2.11. The van der Waals surface area contributed by atoms with E-state index in [1.165, 1.54) is 23.5 Å². The highest BCUT2D eigenvalue weighted by molar-refractivity contribution is 7.71. The van der Waals surface area contributed by atoms with Crippen LogP contribution in [-0.2, 0) is 0 Å². The molecule has 0 unspecified atom stereocenters. The van der Waals surface area contributed by atoms with Crippen LogP contribution in [0.25, 0.3) is 4.96 Å². The highest BCUT2D eigenvalue weighted by Gasteiger charge is 2.06. The first-order valence-electron chi connectivity index (χ1n) is 5.49. The molecule has 0 bridgehead atoms. The molecule has 3 aromatic rings. The van der Waals surface area contributed by atoms with Crippen molar-refractivity contribution in [2.45, 2.75) is 0 Å². The second-order valence-corrected chi connectivity index (χ2v) is 5.05. The van der Waals surface area contributed by atoms with Crippen LogP contribution in [0.3, 0.4) is 0 Å². The first-order valence-corrected chi connectivity index (χ1v) is 6.78. The van der Waals surface area contributed by atoms with E-state index < -0.39 is 4.92 Å². The van der Waals surface area contributed by atoms with Gasteiger partial charge in [0.25, 0.3) is 5.69 Å². The number of nitrogens with one attached hydrogen (secondary N) is 1. The zero-order chi connectivity index (χ0) is 14.1. The Balaban J connectivity index is 1.92. The average Bonchev–Trinajstić information content (AvgIpc) is 2.88. The summed E-state index contributed by atoms with van der Waals surface area (Å²) in [6.45, 7) is 0. The normalized spacial score (nSPS) is 10.6. The zero-order valence-corrected chi connectivity index (χ0v) is 11.5. The van der Waals surface area contributed by atoms with Crippen molar-refractivity contribution in [3.8, 4) is 0 Å². The number of nitro benzene ring substituents is 1. The Morgan fingerprint density at radius 1 is 1.30 bits per heavy atom. The molecule has 100 valence electrons. The van der Waals surface area contributed by atoms with Gasteiger partial charge < -0.3 is 5.32 Å². The Labute approximate surface area is 121 Å². The molecule has 1 aromatic carbocycles. The second-order valence-electron chi connectivity index (χ2n) is 3.81. The van der Waals surface area contributed by atoms with Crippen molar-refractivity contribution >= 4 is 45.8 Å². The summed E-state index contributed by atoms with van der Waals surface area (Å²) in [6.07, 6.45) is 1.80. The van der Waals surface area contributed by atoms with E-state index in [1.807, 2.05) is 5.38 Å². The maximum absolute atomic E-state index is 10.6. The van der Waals surface area contributed by atoms with Gasteiger partial charge in [0, 0.05) is 29.4 Å². The second kappa shape index (κ2) is 4.94.